The number of hydrogen-bond acceptors (Lipinski definition) is 3. The number of methoxy groups -OCH3 is 1. The maximum atomic E-state index is 12.9. The van der Waals surface area contributed by atoms with E-state index in [1.165, 1.54) is 19.2 Å². The van der Waals surface area contributed by atoms with E-state index in [4.69, 9.17) is 10.00 Å². The van der Waals surface area contributed by atoms with Crippen LogP contribution in [0.3, 0.4) is 0 Å². The standard InChI is InChI=1S/C14H10FNO2/c1-18-14-5-2-9(8-16)6-12(14)11-4-3-10(15)7-13(11)17/h2-7,17H,1H3. The number of phenols is 1. The first-order valence-electron chi connectivity index (χ1n) is 5.22. The molecule has 0 unspecified atom stereocenters. The number of nitrogens with zero attached hydrogens (tertiary/aromatic N) is 1. The molecule has 0 spiro atoms. The molecule has 0 atom stereocenters. The predicted molar refractivity (Wildman–Crippen MR) is 64.8 cm³/mol. The van der Waals surface area contributed by atoms with Crippen molar-refractivity contribution in [3.63, 3.8) is 0 Å². The van der Waals surface area contributed by atoms with E-state index in [0.29, 0.717) is 22.4 Å². The second kappa shape index (κ2) is 4.76. The fourth-order valence-corrected chi connectivity index (χ4v) is 1.72. The van der Waals surface area contributed by atoms with Crippen LogP contribution < -0.4 is 4.74 Å². The summed E-state index contributed by atoms with van der Waals surface area (Å²) >= 11 is 0. The quantitative estimate of drug-likeness (QED) is 0.881. The van der Waals surface area contributed by atoms with Crippen LogP contribution in [0.25, 0.3) is 11.1 Å². The minimum absolute atomic E-state index is 0.191. The van der Waals surface area contributed by atoms with Crippen LogP contribution in [0.15, 0.2) is 36.4 Å². The third-order valence-corrected chi connectivity index (χ3v) is 2.58. The molecule has 2 aromatic rings. The predicted octanol–water partition coefficient (Wildman–Crippen LogP) is 3.08. The summed E-state index contributed by atoms with van der Waals surface area (Å²) in [6.07, 6.45) is 0. The number of halogens is 1. The third kappa shape index (κ3) is 2.11. The highest BCUT2D eigenvalue weighted by atomic mass is 19.1. The number of aromatic hydroxyl groups is 1. The van der Waals surface area contributed by atoms with Crippen LogP contribution in [-0.2, 0) is 0 Å². The molecule has 0 aliphatic carbocycles. The fraction of sp³-hybridized carbons (Fsp3) is 0.0714. The van der Waals surface area contributed by atoms with Crippen molar-refractivity contribution >= 4 is 0 Å². The Balaban J connectivity index is 2.65. The topological polar surface area (TPSA) is 53.2 Å². The fourth-order valence-electron chi connectivity index (χ4n) is 1.72. The van der Waals surface area contributed by atoms with Gasteiger partial charge in [-0.05, 0) is 30.3 Å². The highest BCUT2D eigenvalue weighted by Crippen LogP contribution is 2.36. The molecule has 0 aliphatic rings. The molecule has 2 aromatic carbocycles. The lowest BCUT2D eigenvalue weighted by atomic mass is 10.0. The molecule has 0 amide bonds. The molecule has 18 heavy (non-hydrogen) atoms. The second-order valence-electron chi connectivity index (χ2n) is 3.69. The summed E-state index contributed by atoms with van der Waals surface area (Å²) in [5, 5.41) is 18.6. The summed E-state index contributed by atoms with van der Waals surface area (Å²) in [4.78, 5) is 0. The van der Waals surface area contributed by atoms with E-state index >= 15 is 0 Å². The molecule has 2 rings (SSSR count). The molecule has 0 bridgehead atoms. The lowest BCUT2D eigenvalue weighted by molar-refractivity contribution is 0.415. The first-order chi connectivity index (χ1) is 8.65. The van der Waals surface area contributed by atoms with Gasteiger partial charge in [0.15, 0.2) is 0 Å². The number of benzene rings is 2. The molecule has 1 N–H and O–H groups in total. The molecule has 0 aliphatic heterocycles. The zero-order chi connectivity index (χ0) is 13.1. The monoisotopic (exact) mass is 243 g/mol. The highest BCUT2D eigenvalue weighted by Gasteiger charge is 2.11. The van der Waals surface area contributed by atoms with Crippen LogP contribution in [0.5, 0.6) is 11.5 Å². The van der Waals surface area contributed by atoms with Gasteiger partial charge in [0.05, 0.1) is 18.7 Å². The number of ether oxygens (including phenoxy) is 1. The largest absolute Gasteiger partial charge is 0.507 e. The molecule has 0 heterocycles. The Labute approximate surface area is 104 Å². The molecule has 90 valence electrons. The van der Waals surface area contributed by atoms with E-state index in [0.717, 1.165) is 6.07 Å². The zero-order valence-corrected chi connectivity index (χ0v) is 9.64. The molecule has 0 radical (unpaired) electrons. The summed E-state index contributed by atoms with van der Waals surface area (Å²) in [5.41, 5.74) is 1.41. The maximum absolute atomic E-state index is 12.9. The van der Waals surface area contributed by atoms with Gasteiger partial charge in [-0.2, -0.15) is 5.26 Å². The summed E-state index contributed by atoms with van der Waals surface area (Å²) in [7, 11) is 1.49. The first-order valence-corrected chi connectivity index (χ1v) is 5.22. The van der Waals surface area contributed by atoms with E-state index < -0.39 is 5.82 Å². The Bertz CT molecular complexity index is 632. The lowest BCUT2D eigenvalue weighted by Crippen LogP contribution is -1.90. The molecular formula is C14H10FNO2. The molecule has 0 aromatic heterocycles. The van der Waals surface area contributed by atoms with Crippen LogP contribution in [0.1, 0.15) is 5.56 Å². The molecule has 0 saturated carbocycles. The summed E-state index contributed by atoms with van der Waals surface area (Å²) in [6, 6.07) is 10.6. The normalized spacial score (nSPS) is 9.83. The summed E-state index contributed by atoms with van der Waals surface area (Å²) in [5.74, 6) is -0.203. The highest BCUT2D eigenvalue weighted by molar-refractivity contribution is 5.76. The van der Waals surface area contributed by atoms with E-state index in [-0.39, 0.29) is 5.75 Å². The molecule has 3 nitrogen and oxygen atoms in total. The van der Waals surface area contributed by atoms with Gasteiger partial charge in [-0.3, -0.25) is 0 Å². The Hall–Kier alpha value is -2.54. The van der Waals surface area contributed by atoms with Crippen molar-refractivity contribution in [2.45, 2.75) is 0 Å². The number of hydrogen-bond donors (Lipinski definition) is 1. The van der Waals surface area contributed by atoms with E-state index in [1.54, 1.807) is 18.2 Å². The molecule has 0 fully saturated rings. The van der Waals surface area contributed by atoms with Gasteiger partial charge in [-0.15, -0.1) is 0 Å². The Morgan fingerprint density at radius 2 is 1.94 bits per heavy atom. The van der Waals surface area contributed by atoms with Gasteiger partial charge in [0, 0.05) is 17.2 Å². The first kappa shape index (κ1) is 11.9. The number of nitriles is 1. The average Bonchev–Trinajstić information content (AvgIpc) is 2.38. The Morgan fingerprint density at radius 3 is 2.56 bits per heavy atom. The van der Waals surface area contributed by atoms with Crippen LogP contribution in [0, 0.1) is 17.1 Å². The van der Waals surface area contributed by atoms with E-state index in [9.17, 15) is 9.50 Å². The van der Waals surface area contributed by atoms with Crippen molar-refractivity contribution in [3.8, 4) is 28.7 Å². The minimum Gasteiger partial charge on any atom is -0.507 e. The Morgan fingerprint density at radius 1 is 1.17 bits per heavy atom. The van der Waals surface area contributed by atoms with Gasteiger partial charge >= 0.3 is 0 Å². The third-order valence-electron chi connectivity index (χ3n) is 2.58. The van der Waals surface area contributed by atoms with Gasteiger partial charge in [0.25, 0.3) is 0 Å². The lowest BCUT2D eigenvalue weighted by Gasteiger charge is -2.10. The smallest absolute Gasteiger partial charge is 0.126 e. The second-order valence-corrected chi connectivity index (χ2v) is 3.69. The molecule has 0 saturated heterocycles. The minimum atomic E-state index is -0.522. The number of phenolic OH excluding ortho intramolecular Hbond substituents is 1. The molecular weight excluding hydrogens is 233 g/mol. The summed E-state index contributed by atoms with van der Waals surface area (Å²) in [6.45, 7) is 0. The van der Waals surface area contributed by atoms with Gasteiger partial charge in [0.1, 0.15) is 17.3 Å². The van der Waals surface area contributed by atoms with Crippen molar-refractivity contribution < 1.29 is 14.2 Å². The van der Waals surface area contributed by atoms with Crippen LogP contribution in [-0.4, -0.2) is 12.2 Å². The van der Waals surface area contributed by atoms with Crippen LogP contribution in [0.2, 0.25) is 0 Å². The van der Waals surface area contributed by atoms with E-state index in [1.807, 2.05) is 6.07 Å². The van der Waals surface area contributed by atoms with Crippen molar-refractivity contribution in [1.82, 2.24) is 0 Å². The SMILES string of the molecule is COc1ccc(C#N)cc1-c1ccc(F)cc1O. The Kier molecular flexibility index (Phi) is 3.16. The van der Waals surface area contributed by atoms with Gasteiger partial charge in [-0.1, -0.05) is 0 Å². The van der Waals surface area contributed by atoms with Gasteiger partial charge in [0.2, 0.25) is 0 Å². The van der Waals surface area contributed by atoms with E-state index in [2.05, 4.69) is 0 Å². The van der Waals surface area contributed by atoms with Gasteiger partial charge in [-0.25, -0.2) is 4.39 Å². The van der Waals surface area contributed by atoms with Crippen molar-refractivity contribution in [3.05, 3.63) is 47.8 Å². The summed E-state index contributed by atoms with van der Waals surface area (Å²) < 4.78 is 18.1. The van der Waals surface area contributed by atoms with Crippen molar-refractivity contribution in [1.29, 1.82) is 5.26 Å². The van der Waals surface area contributed by atoms with Crippen LogP contribution >= 0.6 is 0 Å². The number of rotatable bonds is 2. The van der Waals surface area contributed by atoms with Crippen molar-refractivity contribution in [2.24, 2.45) is 0 Å². The van der Waals surface area contributed by atoms with Crippen LogP contribution in [0.4, 0.5) is 4.39 Å². The van der Waals surface area contributed by atoms with Gasteiger partial charge < -0.3 is 9.84 Å². The molecule has 4 heteroatoms. The average molecular weight is 243 g/mol. The van der Waals surface area contributed by atoms with Crippen molar-refractivity contribution in [2.75, 3.05) is 7.11 Å². The zero-order valence-electron chi connectivity index (χ0n) is 9.64. The maximum Gasteiger partial charge on any atom is 0.126 e.